The van der Waals surface area contributed by atoms with E-state index in [9.17, 15) is 0 Å². The Balaban J connectivity index is 4.18. The molecule has 94 valence electrons. The normalized spacial score (nSPS) is 15.2. The Morgan fingerprint density at radius 3 is 2.47 bits per heavy atom. The predicted octanol–water partition coefficient (Wildman–Crippen LogP) is 4.20. The van der Waals surface area contributed by atoms with Crippen LogP contribution in [-0.2, 0) is 0 Å². The van der Waals surface area contributed by atoms with Crippen LogP contribution in [-0.4, -0.2) is 11.7 Å². The molecule has 0 aromatic heterocycles. The highest BCUT2D eigenvalue weighted by molar-refractivity contribution is 5.22. The third-order valence-electron chi connectivity index (χ3n) is 2.41. The van der Waals surface area contributed by atoms with Gasteiger partial charge in [-0.15, -0.1) is 0 Å². The summed E-state index contributed by atoms with van der Waals surface area (Å²) in [4.78, 5) is 0. The topological polar surface area (TPSA) is 20.2 Å². The molecular weight excluding hydrogens is 208 g/mol. The molecule has 0 aromatic rings. The van der Waals surface area contributed by atoms with Crippen molar-refractivity contribution in [3.63, 3.8) is 0 Å². The van der Waals surface area contributed by atoms with Gasteiger partial charge in [0.2, 0.25) is 0 Å². The van der Waals surface area contributed by atoms with Gasteiger partial charge in [0.25, 0.3) is 0 Å². The van der Waals surface area contributed by atoms with E-state index in [-0.39, 0.29) is 6.61 Å². The molecule has 0 amide bonds. The molecule has 1 heteroatoms. The van der Waals surface area contributed by atoms with Gasteiger partial charge in [-0.05, 0) is 31.8 Å². The van der Waals surface area contributed by atoms with Crippen LogP contribution < -0.4 is 0 Å². The van der Waals surface area contributed by atoms with Gasteiger partial charge < -0.3 is 5.11 Å². The molecule has 1 unspecified atom stereocenters. The Morgan fingerprint density at radius 2 is 1.94 bits per heavy atom. The summed E-state index contributed by atoms with van der Waals surface area (Å²) in [6.07, 6.45) is 15.0. The molecule has 1 N–H and O–H groups in total. The molecule has 0 bridgehead atoms. The molecular formula is C16H24O. The maximum absolute atomic E-state index is 9.01. The molecule has 1 atom stereocenters. The van der Waals surface area contributed by atoms with E-state index >= 15 is 0 Å². The van der Waals surface area contributed by atoms with Crippen molar-refractivity contribution < 1.29 is 5.11 Å². The van der Waals surface area contributed by atoms with Gasteiger partial charge in [-0.25, -0.2) is 0 Å². The Morgan fingerprint density at radius 1 is 1.24 bits per heavy atom. The Labute approximate surface area is 106 Å². The van der Waals surface area contributed by atoms with E-state index in [2.05, 4.69) is 19.6 Å². The summed E-state index contributed by atoms with van der Waals surface area (Å²) >= 11 is 0. The van der Waals surface area contributed by atoms with E-state index in [1.807, 2.05) is 50.3 Å². The monoisotopic (exact) mass is 232 g/mol. The van der Waals surface area contributed by atoms with E-state index < -0.39 is 0 Å². The minimum atomic E-state index is 0.0991. The first-order valence-electron chi connectivity index (χ1n) is 6.05. The van der Waals surface area contributed by atoms with Gasteiger partial charge in [0.05, 0.1) is 6.61 Å². The van der Waals surface area contributed by atoms with Crippen LogP contribution in [0.3, 0.4) is 0 Å². The first-order valence-corrected chi connectivity index (χ1v) is 6.05. The zero-order valence-corrected chi connectivity index (χ0v) is 11.2. The van der Waals surface area contributed by atoms with E-state index in [1.165, 1.54) is 0 Å². The number of hydrogen-bond acceptors (Lipinski definition) is 1. The molecule has 0 aliphatic rings. The maximum atomic E-state index is 9.01. The van der Waals surface area contributed by atoms with Crippen LogP contribution in [0.25, 0.3) is 0 Å². The number of hydrogen-bond donors (Lipinski definition) is 1. The number of rotatable bonds is 7. The highest BCUT2D eigenvalue weighted by atomic mass is 16.3. The number of allylic oxidation sites excluding steroid dienone is 7. The lowest BCUT2D eigenvalue weighted by Gasteiger charge is -2.06. The lowest BCUT2D eigenvalue weighted by atomic mass is 10.0. The highest BCUT2D eigenvalue weighted by Gasteiger charge is 1.98. The zero-order valence-electron chi connectivity index (χ0n) is 11.2. The largest absolute Gasteiger partial charge is 0.392 e. The van der Waals surface area contributed by atoms with Gasteiger partial charge >= 0.3 is 0 Å². The van der Waals surface area contributed by atoms with Crippen LogP contribution in [0.2, 0.25) is 0 Å². The fraction of sp³-hybridized carbons (Fsp3) is 0.375. The minimum Gasteiger partial charge on any atom is -0.392 e. The smallest absolute Gasteiger partial charge is 0.0678 e. The quantitative estimate of drug-likeness (QED) is 0.652. The second kappa shape index (κ2) is 9.86. The molecule has 0 spiro atoms. The third kappa shape index (κ3) is 8.47. The summed E-state index contributed by atoms with van der Waals surface area (Å²) in [5.74, 6) is 0.430. The fourth-order valence-electron chi connectivity index (χ4n) is 1.38. The van der Waals surface area contributed by atoms with Crippen molar-refractivity contribution in [1.29, 1.82) is 0 Å². The van der Waals surface area contributed by atoms with E-state index in [0.717, 1.165) is 17.6 Å². The lowest BCUT2D eigenvalue weighted by molar-refractivity contribution is 0.334. The Hall–Kier alpha value is -1.34. The summed E-state index contributed by atoms with van der Waals surface area (Å²) in [5.41, 5.74) is 2.07. The van der Waals surface area contributed by atoms with Crippen LogP contribution in [0.5, 0.6) is 0 Å². The van der Waals surface area contributed by atoms with Gasteiger partial charge in [-0.1, -0.05) is 61.6 Å². The highest BCUT2D eigenvalue weighted by Crippen LogP contribution is 2.13. The summed E-state index contributed by atoms with van der Waals surface area (Å²) < 4.78 is 0. The van der Waals surface area contributed by atoms with Crippen molar-refractivity contribution >= 4 is 0 Å². The number of aliphatic hydroxyl groups is 1. The Bertz CT molecular complexity index is 329. The van der Waals surface area contributed by atoms with Gasteiger partial charge in [0, 0.05) is 0 Å². The van der Waals surface area contributed by atoms with Gasteiger partial charge in [0.15, 0.2) is 0 Å². The van der Waals surface area contributed by atoms with E-state index in [0.29, 0.717) is 5.92 Å². The van der Waals surface area contributed by atoms with Crippen LogP contribution in [0.1, 0.15) is 27.2 Å². The molecule has 0 saturated carbocycles. The lowest BCUT2D eigenvalue weighted by Crippen LogP contribution is -1.92. The first-order chi connectivity index (χ1) is 8.13. The molecule has 0 aromatic carbocycles. The molecule has 0 saturated heterocycles. The van der Waals surface area contributed by atoms with E-state index in [1.54, 1.807) is 0 Å². The van der Waals surface area contributed by atoms with Crippen LogP contribution >= 0.6 is 0 Å². The van der Waals surface area contributed by atoms with E-state index in [4.69, 9.17) is 5.11 Å². The van der Waals surface area contributed by atoms with Gasteiger partial charge in [-0.3, -0.25) is 0 Å². The molecule has 1 nitrogen and oxygen atoms in total. The van der Waals surface area contributed by atoms with Crippen molar-refractivity contribution in [2.75, 3.05) is 6.61 Å². The molecule has 0 fully saturated rings. The summed E-state index contributed by atoms with van der Waals surface area (Å²) in [5, 5.41) is 9.01. The standard InChI is InChI=1S/C16H24O/c1-5-7-8-9-14(3)12-15(4)10-11-16(6-2)13-17/h5-11,15,17H,3,12-13H2,1-2,4H3/b7-5-,9-8-,11-10-,16-6+. The third-order valence-corrected chi connectivity index (χ3v) is 2.41. The van der Waals surface area contributed by atoms with Crippen molar-refractivity contribution in [3.05, 3.63) is 60.3 Å². The minimum absolute atomic E-state index is 0.0991. The van der Waals surface area contributed by atoms with Crippen molar-refractivity contribution in [3.8, 4) is 0 Å². The molecule has 0 aliphatic carbocycles. The van der Waals surface area contributed by atoms with Crippen molar-refractivity contribution in [2.24, 2.45) is 5.92 Å². The van der Waals surface area contributed by atoms with Crippen LogP contribution in [0, 0.1) is 5.92 Å². The average molecular weight is 232 g/mol. The fourth-order valence-corrected chi connectivity index (χ4v) is 1.38. The second-order valence-electron chi connectivity index (χ2n) is 4.11. The molecule has 0 rings (SSSR count). The summed E-state index contributed by atoms with van der Waals surface area (Å²) in [7, 11) is 0. The summed E-state index contributed by atoms with van der Waals surface area (Å²) in [6.45, 7) is 10.2. The van der Waals surface area contributed by atoms with Crippen LogP contribution in [0.15, 0.2) is 60.3 Å². The predicted molar refractivity (Wildman–Crippen MR) is 76.9 cm³/mol. The molecule has 0 aliphatic heterocycles. The number of aliphatic hydroxyl groups excluding tert-OH is 1. The van der Waals surface area contributed by atoms with Gasteiger partial charge in [0.1, 0.15) is 0 Å². The SMILES string of the molecule is C=C(/C=C\C=C/C)CC(C)/C=C\C(=C/C)CO. The Kier molecular flexibility index (Phi) is 9.08. The van der Waals surface area contributed by atoms with Crippen LogP contribution in [0.4, 0.5) is 0 Å². The second-order valence-corrected chi connectivity index (χ2v) is 4.11. The van der Waals surface area contributed by atoms with Gasteiger partial charge in [-0.2, -0.15) is 0 Å². The molecule has 17 heavy (non-hydrogen) atoms. The first kappa shape index (κ1) is 15.7. The summed E-state index contributed by atoms with van der Waals surface area (Å²) in [6, 6.07) is 0. The maximum Gasteiger partial charge on any atom is 0.0678 e. The van der Waals surface area contributed by atoms with Crippen molar-refractivity contribution in [1.82, 2.24) is 0 Å². The zero-order chi connectivity index (χ0) is 13.1. The molecule has 0 heterocycles. The van der Waals surface area contributed by atoms with Crippen molar-refractivity contribution in [2.45, 2.75) is 27.2 Å². The molecule has 0 radical (unpaired) electrons. The average Bonchev–Trinajstić information content (AvgIpc) is 2.30.